The molecule has 1 fully saturated rings. The van der Waals surface area contributed by atoms with Crippen LogP contribution in [0.15, 0.2) is 48.5 Å². The molecule has 1 unspecified atom stereocenters. The summed E-state index contributed by atoms with van der Waals surface area (Å²) in [5.41, 5.74) is 3.17. The van der Waals surface area contributed by atoms with Gasteiger partial charge in [-0.25, -0.2) is 4.39 Å². The Kier molecular flexibility index (Phi) is 7.35. The van der Waals surface area contributed by atoms with Gasteiger partial charge in [-0.3, -0.25) is 9.80 Å². The molecule has 0 aromatic heterocycles. The van der Waals surface area contributed by atoms with Gasteiger partial charge in [0.15, 0.2) is 0 Å². The molecule has 3 rings (SSSR count). The van der Waals surface area contributed by atoms with E-state index >= 15 is 0 Å². The van der Waals surface area contributed by atoms with Gasteiger partial charge in [0.05, 0.1) is 19.3 Å². The summed E-state index contributed by atoms with van der Waals surface area (Å²) >= 11 is 0. The number of halogens is 1. The van der Waals surface area contributed by atoms with Crippen molar-refractivity contribution >= 4 is 0 Å². The van der Waals surface area contributed by atoms with Crippen LogP contribution in [0.2, 0.25) is 0 Å². The molecule has 5 heteroatoms. The van der Waals surface area contributed by atoms with E-state index in [0.29, 0.717) is 12.1 Å². The van der Waals surface area contributed by atoms with Crippen molar-refractivity contribution in [3.05, 3.63) is 71.0 Å². The molecule has 0 bridgehead atoms. The van der Waals surface area contributed by atoms with Crippen LogP contribution in [0.3, 0.4) is 0 Å². The van der Waals surface area contributed by atoms with Gasteiger partial charge in [-0.1, -0.05) is 48.0 Å². The van der Waals surface area contributed by atoms with Crippen molar-refractivity contribution in [2.45, 2.75) is 26.2 Å². The molecule has 0 spiro atoms. The van der Waals surface area contributed by atoms with E-state index in [1.807, 2.05) is 0 Å². The van der Waals surface area contributed by atoms with Crippen LogP contribution in [-0.4, -0.2) is 60.3 Å². The molecule has 0 amide bonds. The van der Waals surface area contributed by atoms with Crippen LogP contribution in [-0.2, 0) is 17.9 Å². The number of β-amino-alcohol motifs (C(OH)–C–C–N with tert-alkyl or cyclic N) is 1. The molecule has 1 heterocycles. The van der Waals surface area contributed by atoms with Crippen LogP contribution >= 0.6 is 0 Å². The normalized spacial score (nSPS) is 17.1. The van der Waals surface area contributed by atoms with Gasteiger partial charge in [0.1, 0.15) is 5.82 Å². The number of ether oxygens (including phenoxy) is 1. The number of aliphatic hydroxyl groups excluding tert-OH is 1. The lowest BCUT2D eigenvalue weighted by Gasteiger charge is -2.35. The van der Waals surface area contributed by atoms with Crippen molar-refractivity contribution in [3.63, 3.8) is 0 Å². The fourth-order valence-electron chi connectivity index (χ4n) is 3.47. The Labute approximate surface area is 161 Å². The highest BCUT2D eigenvalue weighted by molar-refractivity contribution is 5.22. The summed E-state index contributed by atoms with van der Waals surface area (Å²) in [4.78, 5) is 4.72. The molecule has 1 saturated heterocycles. The Morgan fingerprint density at radius 3 is 2.52 bits per heavy atom. The first kappa shape index (κ1) is 20.0. The van der Waals surface area contributed by atoms with E-state index in [-0.39, 0.29) is 19.0 Å². The highest BCUT2D eigenvalue weighted by atomic mass is 19.1. The molecule has 0 radical (unpaired) electrons. The molecule has 1 N–H and O–H groups in total. The van der Waals surface area contributed by atoms with E-state index in [1.165, 1.54) is 17.2 Å². The van der Waals surface area contributed by atoms with Gasteiger partial charge >= 0.3 is 0 Å². The maximum absolute atomic E-state index is 13.5. The summed E-state index contributed by atoms with van der Waals surface area (Å²) in [5, 5.41) is 10.2. The van der Waals surface area contributed by atoms with Crippen molar-refractivity contribution in [1.29, 1.82) is 0 Å². The number of nitrogens with zero attached hydrogens (tertiary/aromatic N) is 2. The third kappa shape index (κ3) is 6.40. The predicted molar refractivity (Wildman–Crippen MR) is 105 cm³/mol. The summed E-state index contributed by atoms with van der Waals surface area (Å²) in [5.74, 6) is -0.267. The maximum Gasteiger partial charge on any atom is 0.128 e. The molecular formula is C22H29FN2O2. The molecule has 1 aliphatic heterocycles. The number of benzene rings is 2. The number of hydrogen-bond acceptors (Lipinski definition) is 4. The zero-order valence-electron chi connectivity index (χ0n) is 16.0. The van der Waals surface area contributed by atoms with Crippen LogP contribution in [0.5, 0.6) is 0 Å². The second-order valence-corrected chi connectivity index (χ2v) is 7.33. The maximum atomic E-state index is 13.5. The Morgan fingerprint density at radius 1 is 1.04 bits per heavy atom. The predicted octanol–water partition coefficient (Wildman–Crippen LogP) is 2.83. The van der Waals surface area contributed by atoms with Gasteiger partial charge in [0.2, 0.25) is 0 Å². The van der Waals surface area contributed by atoms with E-state index in [0.717, 1.165) is 32.7 Å². The van der Waals surface area contributed by atoms with Crippen LogP contribution in [0.4, 0.5) is 4.39 Å². The van der Waals surface area contributed by atoms with Crippen molar-refractivity contribution < 1.29 is 14.2 Å². The Morgan fingerprint density at radius 2 is 1.78 bits per heavy atom. The van der Waals surface area contributed by atoms with Crippen molar-refractivity contribution in [3.8, 4) is 0 Å². The third-order valence-corrected chi connectivity index (χ3v) is 4.95. The number of aryl methyl sites for hydroxylation is 1. The Hall–Kier alpha value is -1.79. The van der Waals surface area contributed by atoms with Crippen LogP contribution < -0.4 is 0 Å². The number of rotatable bonds is 8. The molecule has 146 valence electrons. The largest absolute Gasteiger partial charge is 0.389 e. The first-order chi connectivity index (χ1) is 13.1. The summed E-state index contributed by atoms with van der Waals surface area (Å²) in [6, 6.07) is 15.2. The molecular weight excluding hydrogens is 343 g/mol. The second-order valence-electron chi connectivity index (χ2n) is 7.33. The third-order valence-electron chi connectivity index (χ3n) is 4.95. The van der Waals surface area contributed by atoms with Gasteiger partial charge in [-0.15, -0.1) is 0 Å². The average Bonchev–Trinajstić information content (AvgIpc) is 2.65. The lowest BCUT2D eigenvalue weighted by Crippen LogP contribution is -2.48. The summed E-state index contributed by atoms with van der Waals surface area (Å²) < 4.78 is 19.0. The lowest BCUT2D eigenvalue weighted by molar-refractivity contribution is 0.000254. The highest BCUT2D eigenvalue weighted by Gasteiger charge is 2.19. The highest BCUT2D eigenvalue weighted by Crippen LogP contribution is 2.11. The fraction of sp³-hybridized carbons (Fsp3) is 0.455. The van der Waals surface area contributed by atoms with Crippen LogP contribution in [0.25, 0.3) is 0 Å². The van der Waals surface area contributed by atoms with Gasteiger partial charge in [0, 0.05) is 44.8 Å². The second kappa shape index (κ2) is 9.95. The Balaban J connectivity index is 1.34. The first-order valence-corrected chi connectivity index (χ1v) is 9.59. The SMILES string of the molecule is Cc1cccc(CN2CCN(CC(O)COCc3ccccc3F)CC2)c1. The molecule has 0 saturated carbocycles. The minimum absolute atomic E-state index is 0.188. The number of hydrogen-bond donors (Lipinski definition) is 1. The molecule has 27 heavy (non-hydrogen) atoms. The monoisotopic (exact) mass is 372 g/mol. The minimum Gasteiger partial charge on any atom is -0.389 e. The lowest BCUT2D eigenvalue weighted by atomic mass is 10.1. The van der Waals surface area contributed by atoms with Crippen molar-refractivity contribution in [1.82, 2.24) is 9.80 Å². The number of piperazine rings is 1. The molecule has 1 aliphatic rings. The molecule has 1 atom stereocenters. The number of aliphatic hydroxyl groups is 1. The van der Waals surface area contributed by atoms with Crippen LogP contribution in [0.1, 0.15) is 16.7 Å². The molecule has 0 aliphatic carbocycles. The standard InChI is InChI=1S/C22H29FN2O2/c1-18-5-4-6-19(13-18)14-24-9-11-25(12-10-24)15-21(26)17-27-16-20-7-2-3-8-22(20)23/h2-8,13,21,26H,9-12,14-17H2,1H3. The van der Waals surface area contributed by atoms with E-state index < -0.39 is 6.10 Å². The van der Waals surface area contributed by atoms with Gasteiger partial charge in [-0.05, 0) is 18.6 Å². The minimum atomic E-state index is -0.555. The summed E-state index contributed by atoms with van der Waals surface area (Å²) in [7, 11) is 0. The fourth-order valence-corrected chi connectivity index (χ4v) is 3.47. The summed E-state index contributed by atoms with van der Waals surface area (Å²) in [6.07, 6.45) is -0.555. The van der Waals surface area contributed by atoms with E-state index in [2.05, 4.69) is 41.0 Å². The molecule has 2 aromatic carbocycles. The van der Waals surface area contributed by atoms with Crippen molar-refractivity contribution in [2.75, 3.05) is 39.3 Å². The van der Waals surface area contributed by atoms with Crippen LogP contribution in [0, 0.1) is 12.7 Å². The van der Waals surface area contributed by atoms with Gasteiger partial charge < -0.3 is 9.84 Å². The quantitative estimate of drug-likeness (QED) is 0.773. The molecule has 4 nitrogen and oxygen atoms in total. The van der Waals surface area contributed by atoms with Gasteiger partial charge in [-0.2, -0.15) is 0 Å². The zero-order chi connectivity index (χ0) is 19.1. The zero-order valence-corrected chi connectivity index (χ0v) is 16.0. The topological polar surface area (TPSA) is 35.9 Å². The smallest absolute Gasteiger partial charge is 0.128 e. The van der Waals surface area contributed by atoms with E-state index in [9.17, 15) is 9.50 Å². The first-order valence-electron chi connectivity index (χ1n) is 9.59. The Bertz CT molecular complexity index is 717. The average molecular weight is 372 g/mol. The van der Waals surface area contributed by atoms with Crippen molar-refractivity contribution in [2.24, 2.45) is 0 Å². The van der Waals surface area contributed by atoms with E-state index in [4.69, 9.17) is 4.74 Å². The van der Waals surface area contributed by atoms with E-state index in [1.54, 1.807) is 18.2 Å². The van der Waals surface area contributed by atoms with Gasteiger partial charge in [0.25, 0.3) is 0 Å². The summed E-state index contributed by atoms with van der Waals surface area (Å²) in [6.45, 7) is 7.97. The molecule has 2 aromatic rings.